The molecule has 0 aliphatic rings. The molecule has 1 N–H and O–H groups in total. The van der Waals surface area contributed by atoms with Gasteiger partial charge in [0.05, 0.1) is 5.54 Å². The van der Waals surface area contributed by atoms with Crippen LogP contribution in [0.15, 0.2) is 27.1 Å². The number of carbonyl (C=O) groups excluding carboxylic acids is 1. The molecule has 0 saturated carbocycles. The van der Waals surface area contributed by atoms with Crippen LogP contribution in [0.5, 0.6) is 0 Å². The van der Waals surface area contributed by atoms with Gasteiger partial charge in [0.2, 0.25) is 0 Å². The van der Waals surface area contributed by atoms with Gasteiger partial charge in [0.25, 0.3) is 5.91 Å². The van der Waals surface area contributed by atoms with Gasteiger partial charge in [-0.15, -0.1) is 0 Å². The van der Waals surface area contributed by atoms with Crippen LogP contribution in [0.25, 0.3) is 0 Å². The molecule has 2 nitrogen and oxygen atoms in total. The molecule has 1 amide bonds. The van der Waals surface area contributed by atoms with Crippen molar-refractivity contribution in [2.45, 2.75) is 12.5 Å². The molecule has 0 unspecified atom stereocenters. The second-order valence-electron chi connectivity index (χ2n) is 3.94. The van der Waals surface area contributed by atoms with Crippen molar-refractivity contribution in [3.05, 3.63) is 32.7 Å². The number of nitrogens with one attached hydrogen (secondary N) is 1. The molecule has 1 rings (SSSR count). The lowest BCUT2D eigenvalue weighted by Crippen LogP contribution is -2.48. The predicted molar refractivity (Wildman–Crippen MR) is 85.3 cm³/mol. The zero-order valence-corrected chi connectivity index (χ0v) is 15.4. The lowest BCUT2D eigenvalue weighted by Gasteiger charge is -2.26. The maximum atomic E-state index is 12.1. The van der Waals surface area contributed by atoms with Crippen molar-refractivity contribution in [2.75, 3.05) is 10.7 Å². The highest BCUT2D eigenvalue weighted by Gasteiger charge is 2.24. The molecule has 0 saturated heterocycles. The highest BCUT2D eigenvalue weighted by atomic mass is 79.9. The number of hydrogen-bond donors (Lipinski definition) is 1. The van der Waals surface area contributed by atoms with Gasteiger partial charge in [-0.25, -0.2) is 0 Å². The largest absolute Gasteiger partial charge is 0.345 e. The Labute approximate surface area is 134 Å². The summed E-state index contributed by atoms with van der Waals surface area (Å²) in [5.74, 6) is -0.0894. The molecular formula is C11H11Br4NO. The number of halogens is 4. The maximum Gasteiger partial charge on any atom is 0.251 e. The summed E-state index contributed by atoms with van der Waals surface area (Å²) in [4.78, 5) is 12.1. The van der Waals surface area contributed by atoms with Crippen LogP contribution in [0.2, 0.25) is 0 Å². The van der Waals surface area contributed by atoms with E-state index >= 15 is 0 Å². The van der Waals surface area contributed by atoms with Crippen LogP contribution in [-0.2, 0) is 0 Å². The molecule has 94 valence electrons. The monoisotopic (exact) mass is 489 g/mol. The smallest absolute Gasteiger partial charge is 0.251 e. The average Bonchev–Trinajstić information content (AvgIpc) is 2.27. The number of hydrogen-bond acceptors (Lipinski definition) is 1. The van der Waals surface area contributed by atoms with Crippen molar-refractivity contribution in [2.24, 2.45) is 0 Å². The second kappa shape index (κ2) is 6.68. The molecule has 0 aliphatic heterocycles. The summed E-state index contributed by atoms with van der Waals surface area (Å²) in [6, 6.07) is 5.48. The molecule has 0 aromatic heterocycles. The first-order valence-corrected chi connectivity index (χ1v) is 8.63. The van der Waals surface area contributed by atoms with E-state index in [1.54, 1.807) is 12.1 Å². The van der Waals surface area contributed by atoms with Gasteiger partial charge in [-0.3, -0.25) is 4.79 Å². The Kier molecular flexibility index (Phi) is 6.16. The van der Waals surface area contributed by atoms with Crippen molar-refractivity contribution in [1.29, 1.82) is 0 Å². The molecule has 17 heavy (non-hydrogen) atoms. The molecule has 1 aromatic carbocycles. The summed E-state index contributed by atoms with van der Waals surface area (Å²) in [6.45, 7) is 1.97. The molecule has 0 fully saturated rings. The zero-order chi connectivity index (χ0) is 13.1. The summed E-state index contributed by atoms with van der Waals surface area (Å²) >= 11 is 13.5. The fraction of sp³-hybridized carbons (Fsp3) is 0.364. The summed E-state index contributed by atoms with van der Waals surface area (Å²) < 4.78 is 1.74. The predicted octanol–water partition coefficient (Wildman–Crippen LogP) is 4.49. The minimum Gasteiger partial charge on any atom is -0.345 e. The SMILES string of the molecule is CC(CBr)(CBr)NC(=O)c1cc(Br)cc(Br)c1. The molecule has 0 radical (unpaired) electrons. The normalized spacial score (nSPS) is 11.4. The quantitative estimate of drug-likeness (QED) is 0.617. The van der Waals surface area contributed by atoms with E-state index in [4.69, 9.17) is 0 Å². The van der Waals surface area contributed by atoms with Gasteiger partial charge < -0.3 is 5.32 Å². The number of rotatable bonds is 4. The third-order valence-electron chi connectivity index (χ3n) is 2.13. The van der Waals surface area contributed by atoms with Crippen molar-refractivity contribution >= 4 is 69.6 Å². The molecule has 0 heterocycles. The first-order valence-electron chi connectivity index (χ1n) is 4.81. The van der Waals surface area contributed by atoms with Gasteiger partial charge in [-0.1, -0.05) is 63.7 Å². The van der Waals surface area contributed by atoms with Crippen LogP contribution >= 0.6 is 63.7 Å². The van der Waals surface area contributed by atoms with Crippen molar-refractivity contribution < 1.29 is 4.79 Å². The fourth-order valence-electron chi connectivity index (χ4n) is 1.13. The minimum absolute atomic E-state index is 0.0894. The Morgan fingerprint density at radius 1 is 1.18 bits per heavy atom. The van der Waals surface area contributed by atoms with Gasteiger partial charge in [-0.05, 0) is 25.1 Å². The van der Waals surface area contributed by atoms with Crippen LogP contribution in [0.3, 0.4) is 0 Å². The van der Waals surface area contributed by atoms with E-state index in [-0.39, 0.29) is 11.4 Å². The molecule has 1 aromatic rings. The lowest BCUT2D eigenvalue weighted by molar-refractivity contribution is 0.0923. The van der Waals surface area contributed by atoms with Crippen LogP contribution < -0.4 is 5.32 Å². The van der Waals surface area contributed by atoms with Crippen molar-refractivity contribution in [1.82, 2.24) is 5.32 Å². The van der Waals surface area contributed by atoms with Gasteiger partial charge in [0.1, 0.15) is 0 Å². The average molecular weight is 493 g/mol. The van der Waals surface area contributed by atoms with Crippen LogP contribution in [0, 0.1) is 0 Å². The Morgan fingerprint density at radius 2 is 1.65 bits per heavy atom. The van der Waals surface area contributed by atoms with Crippen molar-refractivity contribution in [3.63, 3.8) is 0 Å². The van der Waals surface area contributed by atoms with E-state index < -0.39 is 0 Å². The highest BCUT2D eigenvalue weighted by Crippen LogP contribution is 2.21. The minimum atomic E-state index is -0.300. The molecule has 0 spiro atoms. The summed E-state index contributed by atoms with van der Waals surface area (Å²) in [5.41, 5.74) is 0.325. The van der Waals surface area contributed by atoms with Crippen molar-refractivity contribution in [3.8, 4) is 0 Å². The van der Waals surface area contributed by atoms with E-state index in [1.165, 1.54) is 0 Å². The Morgan fingerprint density at radius 3 is 2.06 bits per heavy atom. The Balaban J connectivity index is 2.90. The topological polar surface area (TPSA) is 29.1 Å². The Bertz CT molecular complexity index is 398. The van der Waals surface area contributed by atoms with Gasteiger partial charge in [-0.2, -0.15) is 0 Å². The van der Waals surface area contributed by atoms with E-state index in [9.17, 15) is 4.79 Å². The maximum absolute atomic E-state index is 12.1. The van der Waals surface area contributed by atoms with E-state index in [1.807, 2.05) is 13.0 Å². The number of carbonyl (C=O) groups is 1. The van der Waals surface area contributed by atoms with E-state index in [2.05, 4.69) is 69.0 Å². The Hall–Kier alpha value is 0.610. The summed E-state index contributed by atoms with van der Waals surface area (Å²) in [5, 5.41) is 4.36. The molecule has 0 aliphatic carbocycles. The van der Waals surface area contributed by atoms with Gasteiger partial charge >= 0.3 is 0 Å². The summed E-state index contributed by atoms with van der Waals surface area (Å²) in [6.07, 6.45) is 0. The molecular weight excluding hydrogens is 482 g/mol. The molecule has 0 bridgehead atoms. The highest BCUT2D eigenvalue weighted by molar-refractivity contribution is 9.11. The first kappa shape index (κ1) is 15.7. The standard InChI is InChI=1S/C11H11Br4NO/c1-11(5-12,6-13)16-10(17)7-2-8(14)4-9(15)3-7/h2-4H,5-6H2,1H3,(H,16,17). The van der Waals surface area contributed by atoms with Crippen LogP contribution in [-0.4, -0.2) is 22.1 Å². The third-order valence-corrected chi connectivity index (χ3v) is 5.52. The molecule has 0 atom stereocenters. The second-order valence-corrected chi connectivity index (χ2v) is 6.89. The summed E-state index contributed by atoms with van der Waals surface area (Å²) in [7, 11) is 0. The molecule has 6 heteroatoms. The number of amides is 1. The zero-order valence-electron chi connectivity index (χ0n) is 9.07. The number of alkyl halides is 2. The van der Waals surface area contributed by atoms with Gasteiger partial charge in [0, 0.05) is 25.2 Å². The lowest BCUT2D eigenvalue weighted by atomic mass is 10.1. The van der Waals surface area contributed by atoms with Crippen LogP contribution in [0.1, 0.15) is 17.3 Å². The van der Waals surface area contributed by atoms with E-state index in [0.717, 1.165) is 8.95 Å². The fourth-order valence-corrected chi connectivity index (χ4v) is 3.64. The number of benzene rings is 1. The van der Waals surface area contributed by atoms with Gasteiger partial charge in [0.15, 0.2) is 0 Å². The first-order chi connectivity index (χ1) is 7.90. The third kappa shape index (κ3) is 4.65. The van der Waals surface area contributed by atoms with E-state index in [0.29, 0.717) is 16.2 Å². The van der Waals surface area contributed by atoms with Crippen LogP contribution in [0.4, 0.5) is 0 Å².